The lowest BCUT2D eigenvalue weighted by atomic mass is 10.0. The summed E-state index contributed by atoms with van der Waals surface area (Å²) in [7, 11) is 1.55. The van der Waals surface area contributed by atoms with Crippen LogP contribution in [0.5, 0.6) is 5.88 Å². The van der Waals surface area contributed by atoms with E-state index in [2.05, 4.69) is 30.6 Å². The lowest BCUT2D eigenvalue weighted by Gasteiger charge is -2.42. The van der Waals surface area contributed by atoms with E-state index in [4.69, 9.17) is 9.47 Å². The van der Waals surface area contributed by atoms with Gasteiger partial charge in [-0.3, -0.25) is 9.29 Å². The van der Waals surface area contributed by atoms with Crippen molar-refractivity contribution in [3.63, 3.8) is 0 Å². The Hall–Kier alpha value is -3.38. The zero-order valence-corrected chi connectivity index (χ0v) is 20.0. The zero-order chi connectivity index (χ0) is 24.6. The predicted octanol–water partition coefficient (Wildman–Crippen LogP) is 2.73. The van der Waals surface area contributed by atoms with Crippen LogP contribution < -0.4 is 10.1 Å². The first-order valence-electron chi connectivity index (χ1n) is 12.2. The monoisotopic (exact) mass is 498 g/mol. The molecule has 0 amide bonds. The van der Waals surface area contributed by atoms with Crippen LogP contribution in [0.3, 0.4) is 0 Å². The topological polar surface area (TPSA) is 94.6 Å². The molecule has 2 saturated heterocycles. The Balaban J connectivity index is 1.27. The summed E-state index contributed by atoms with van der Waals surface area (Å²) in [5.74, 6) is 0.703. The lowest BCUT2D eigenvalue weighted by Crippen LogP contribution is -2.57. The number of nitrogens with one attached hydrogen (secondary N) is 1. The van der Waals surface area contributed by atoms with Crippen LogP contribution in [-0.4, -0.2) is 92.8 Å². The van der Waals surface area contributed by atoms with Crippen LogP contribution in [-0.2, 0) is 11.3 Å². The van der Waals surface area contributed by atoms with Crippen LogP contribution >= 0.6 is 0 Å². The fourth-order valence-corrected chi connectivity index (χ4v) is 4.96. The summed E-state index contributed by atoms with van der Waals surface area (Å²) in [6.07, 6.45) is 1.83. The molecule has 5 heterocycles. The third kappa shape index (κ3) is 4.13. The first-order chi connectivity index (χ1) is 17.6. The van der Waals surface area contributed by atoms with E-state index < -0.39 is 12.8 Å². The van der Waals surface area contributed by atoms with E-state index in [0.29, 0.717) is 62.5 Å². The molecule has 10 nitrogen and oxygen atoms in total. The van der Waals surface area contributed by atoms with Gasteiger partial charge in [0.1, 0.15) is 17.2 Å². The fourth-order valence-electron chi connectivity index (χ4n) is 4.96. The minimum Gasteiger partial charge on any atom is -0.479 e. The summed E-state index contributed by atoms with van der Waals surface area (Å²) in [6, 6.07) is 7.70. The Morgan fingerprint density at radius 3 is 2.89 bits per heavy atom. The molecule has 1 aromatic carbocycles. The molecule has 2 fully saturated rings. The van der Waals surface area contributed by atoms with E-state index in [1.165, 1.54) is 0 Å². The Morgan fingerprint density at radius 2 is 2.14 bits per heavy atom. The number of aryl methyl sites for hydroxylation is 1. The molecule has 0 unspecified atom stereocenters. The second-order valence-corrected chi connectivity index (χ2v) is 9.27. The molecule has 3 aromatic heterocycles. The van der Waals surface area contributed by atoms with Crippen molar-refractivity contribution in [2.45, 2.75) is 37.6 Å². The second-order valence-electron chi connectivity index (χ2n) is 9.27. The van der Waals surface area contributed by atoms with Gasteiger partial charge in [-0.15, -0.1) is 10.2 Å². The fraction of sp³-hybridized carbons (Fsp3) is 0.500. The molecule has 12 heteroatoms. The Kier molecular flexibility index (Phi) is 6.13. The first kappa shape index (κ1) is 23.0. The molecule has 1 N–H and O–H groups in total. The number of nitrogens with zero attached hydrogens (tertiary/aromatic N) is 7. The lowest BCUT2D eigenvalue weighted by molar-refractivity contribution is -0.0794. The van der Waals surface area contributed by atoms with E-state index in [0.717, 1.165) is 28.7 Å². The molecule has 0 aliphatic carbocycles. The number of piperidine rings is 1. The van der Waals surface area contributed by atoms with Gasteiger partial charge in [0.05, 0.1) is 44.6 Å². The highest BCUT2D eigenvalue weighted by Gasteiger charge is 2.35. The van der Waals surface area contributed by atoms with Crippen LogP contribution in [0.1, 0.15) is 12.8 Å². The van der Waals surface area contributed by atoms with Crippen molar-refractivity contribution in [2.75, 3.05) is 45.4 Å². The van der Waals surface area contributed by atoms with Crippen LogP contribution in [0.4, 0.5) is 14.7 Å². The van der Waals surface area contributed by atoms with Crippen LogP contribution in [0.25, 0.3) is 27.7 Å². The van der Waals surface area contributed by atoms with Gasteiger partial charge in [0.15, 0.2) is 0 Å². The van der Waals surface area contributed by atoms with Crippen molar-refractivity contribution in [1.29, 1.82) is 0 Å². The van der Waals surface area contributed by atoms with Gasteiger partial charge < -0.3 is 14.8 Å². The summed E-state index contributed by atoms with van der Waals surface area (Å²) in [6.45, 7) is 2.59. The normalized spacial score (nSPS) is 21.2. The molecule has 0 spiro atoms. The van der Waals surface area contributed by atoms with Gasteiger partial charge in [-0.1, -0.05) is 11.3 Å². The number of aromatic nitrogens is 6. The number of methoxy groups -OCH3 is 1. The maximum absolute atomic E-state index is 15.0. The third-order valence-corrected chi connectivity index (χ3v) is 7.03. The summed E-state index contributed by atoms with van der Waals surface area (Å²) in [5.41, 5.74) is 4.05. The van der Waals surface area contributed by atoms with Gasteiger partial charge in [-0.2, -0.15) is 4.98 Å². The van der Waals surface area contributed by atoms with E-state index in [9.17, 15) is 8.78 Å². The molecular formula is C24H28F2N8O2. The van der Waals surface area contributed by atoms with Crippen molar-refractivity contribution < 1.29 is 18.3 Å². The van der Waals surface area contributed by atoms with E-state index in [1.807, 2.05) is 30.5 Å². The van der Waals surface area contributed by atoms with E-state index >= 15 is 0 Å². The van der Waals surface area contributed by atoms with E-state index in [1.54, 1.807) is 16.3 Å². The predicted molar refractivity (Wildman–Crippen MR) is 130 cm³/mol. The quantitative estimate of drug-likeness (QED) is 0.396. The summed E-state index contributed by atoms with van der Waals surface area (Å²) in [4.78, 5) is 6.72. The highest BCUT2D eigenvalue weighted by molar-refractivity contribution is 5.89. The van der Waals surface area contributed by atoms with Crippen molar-refractivity contribution in [3.8, 4) is 17.0 Å². The van der Waals surface area contributed by atoms with Gasteiger partial charge in [-0.25, -0.2) is 13.6 Å². The smallest absolute Gasteiger partial charge is 0.244 e. The standard InChI is InChI=1S/C24H28F2N8O2/c1-35-23-22-17(15-3-4-20-21(11-15)33(31-29-20)8-2-7-25)5-10-34(22)30-24(28-23)27-19-6-9-32(12-18(19)26)16-13-36-14-16/h3-5,10-11,16,18-19H,2,6-9,12-14H2,1H3,(H,27,30)/t18-,19-/m1/s1. The first-order valence-corrected chi connectivity index (χ1v) is 12.2. The molecule has 36 heavy (non-hydrogen) atoms. The maximum Gasteiger partial charge on any atom is 0.244 e. The maximum atomic E-state index is 15.0. The average molecular weight is 499 g/mol. The Labute approximate surface area is 206 Å². The second kappa shape index (κ2) is 9.58. The number of ether oxygens (including phenoxy) is 2. The molecule has 4 aromatic rings. The Bertz CT molecular complexity index is 1370. The van der Waals surface area contributed by atoms with Gasteiger partial charge in [-0.05, 0) is 36.6 Å². The van der Waals surface area contributed by atoms with Gasteiger partial charge in [0, 0.05) is 31.4 Å². The minimum absolute atomic E-state index is 0.318. The molecule has 0 saturated carbocycles. The van der Waals surface area contributed by atoms with Crippen molar-refractivity contribution in [3.05, 3.63) is 30.5 Å². The summed E-state index contributed by atoms with van der Waals surface area (Å²) < 4.78 is 41.9. The number of halogens is 2. The van der Waals surface area contributed by atoms with Crippen molar-refractivity contribution in [2.24, 2.45) is 0 Å². The van der Waals surface area contributed by atoms with Gasteiger partial charge >= 0.3 is 0 Å². The summed E-state index contributed by atoms with van der Waals surface area (Å²) in [5, 5.41) is 16.1. The van der Waals surface area contributed by atoms with Crippen LogP contribution in [0, 0.1) is 0 Å². The number of rotatable bonds is 8. The summed E-state index contributed by atoms with van der Waals surface area (Å²) >= 11 is 0. The SMILES string of the molecule is COc1nc(N[C@@H]2CCN(C3COC3)C[C@H]2F)nn2ccc(-c3ccc4nnn(CCCF)c4c3)c12. The van der Waals surface area contributed by atoms with Crippen LogP contribution in [0.15, 0.2) is 30.5 Å². The molecule has 6 rings (SSSR count). The number of hydrogen-bond donors (Lipinski definition) is 1. The van der Waals surface area contributed by atoms with Crippen molar-refractivity contribution in [1.82, 2.24) is 34.5 Å². The third-order valence-electron chi connectivity index (χ3n) is 7.03. The molecule has 2 aliphatic heterocycles. The van der Waals surface area contributed by atoms with Crippen LogP contribution in [0.2, 0.25) is 0 Å². The van der Waals surface area contributed by atoms with Gasteiger partial charge in [0.25, 0.3) is 0 Å². The molecule has 0 bridgehead atoms. The molecular weight excluding hydrogens is 470 g/mol. The largest absolute Gasteiger partial charge is 0.479 e. The van der Waals surface area contributed by atoms with E-state index in [-0.39, 0.29) is 6.04 Å². The highest BCUT2D eigenvalue weighted by atomic mass is 19.1. The zero-order valence-electron chi connectivity index (χ0n) is 20.0. The number of fused-ring (bicyclic) bond motifs is 2. The number of alkyl halides is 2. The molecule has 2 aliphatic rings. The molecule has 2 atom stereocenters. The highest BCUT2D eigenvalue weighted by Crippen LogP contribution is 2.33. The average Bonchev–Trinajstić information content (AvgIpc) is 3.46. The number of hydrogen-bond acceptors (Lipinski definition) is 8. The van der Waals surface area contributed by atoms with Gasteiger partial charge in [0.2, 0.25) is 11.8 Å². The number of benzene rings is 1. The number of anilines is 1. The minimum atomic E-state index is -1.03. The molecule has 0 radical (unpaired) electrons. The number of likely N-dealkylation sites (tertiary alicyclic amines) is 1. The molecule has 190 valence electrons. The van der Waals surface area contributed by atoms with Crippen molar-refractivity contribution >= 4 is 22.5 Å². The Morgan fingerprint density at radius 1 is 1.25 bits per heavy atom.